The second-order valence-corrected chi connectivity index (χ2v) is 6.50. The van der Waals surface area contributed by atoms with Crippen molar-refractivity contribution in [1.82, 2.24) is 9.88 Å². The monoisotopic (exact) mass is 382 g/mol. The van der Waals surface area contributed by atoms with Crippen molar-refractivity contribution >= 4 is 17.7 Å². The zero-order chi connectivity index (χ0) is 18.7. The van der Waals surface area contributed by atoms with Crippen LogP contribution in [-0.2, 0) is 6.61 Å². The molecule has 0 saturated carbocycles. The maximum absolute atomic E-state index is 14.4. The molecule has 2 atom stereocenters. The summed E-state index contributed by atoms with van der Waals surface area (Å²) < 4.78 is 33.7. The molecule has 1 aliphatic rings. The molecule has 0 radical (unpaired) electrons. The minimum atomic E-state index is -1.34. The Balaban J connectivity index is 1.67. The molecule has 1 amide bonds. The van der Waals surface area contributed by atoms with Crippen LogP contribution >= 0.6 is 11.6 Å². The molecule has 1 aromatic heterocycles. The van der Waals surface area contributed by atoms with Crippen molar-refractivity contribution in [2.75, 3.05) is 13.1 Å². The van der Waals surface area contributed by atoms with E-state index >= 15 is 0 Å². The largest absolute Gasteiger partial charge is 0.473 e. The Morgan fingerprint density at radius 1 is 1.38 bits per heavy atom. The van der Waals surface area contributed by atoms with Crippen LogP contribution in [0.25, 0.3) is 0 Å². The van der Waals surface area contributed by atoms with Gasteiger partial charge in [-0.1, -0.05) is 23.7 Å². The number of alkyl halides is 1. The molecule has 5 nitrogen and oxygen atoms in total. The van der Waals surface area contributed by atoms with E-state index < -0.39 is 24.0 Å². The van der Waals surface area contributed by atoms with Crippen LogP contribution in [0.5, 0.6) is 5.88 Å². The third-order valence-corrected chi connectivity index (χ3v) is 4.56. The molecular weight excluding hydrogens is 366 g/mol. The molecule has 0 bridgehead atoms. The standard InChI is InChI=1S/C18H17ClF2N2O3/c19-12-5-4-11(14(20)8-12)10-26-17-3-1-2-16(22-17)13-6-7-23(18(24)25)9-15(13)21/h1-5,8,13,15H,6-7,9-10H2,(H,24,25)/t13-,15-/m0/s1. The summed E-state index contributed by atoms with van der Waals surface area (Å²) in [6.07, 6.45) is -2.12. The highest BCUT2D eigenvalue weighted by Gasteiger charge is 2.33. The molecule has 3 rings (SSSR count). The zero-order valence-electron chi connectivity index (χ0n) is 13.7. The highest BCUT2D eigenvalue weighted by molar-refractivity contribution is 6.30. The van der Waals surface area contributed by atoms with Crippen LogP contribution < -0.4 is 4.74 Å². The molecule has 1 aliphatic heterocycles. The number of rotatable bonds is 4. The summed E-state index contributed by atoms with van der Waals surface area (Å²) in [6.45, 7) is 0.0435. The summed E-state index contributed by atoms with van der Waals surface area (Å²) in [5.74, 6) is -0.718. The molecule has 2 aromatic rings. The first-order chi connectivity index (χ1) is 12.4. The van der Waals surface area contributed by atoms with Gasteiger partial charge in [0.1, 0.15) is 18.6 Å². The Morgan fingerprint density at radius 3 is 2.88 bits per heavy atom. The molecule has 1 aromatic carbocycles. The fourth-order valence-electron chi connectivity index (χ4n) is 2.92. The quantitative estimate of drug-likeness (QED) is 0.858. The van der Waals surface area contributed by atoms with Crippen LogP contribution in [0.2, 0.25) is 5.02 Å². The summed E-state index contributed by atoms with van der Waals surface area (Å²) in [6, 6.07) is 9.28. The van der Waals surface area contributed by atoms with Crippen molar-refractivity contribution in [3.8, 4) is 5.88 Å². The van der Waals surface area contributed by atoms with Gasteiger partial charge in [0.25, 0.3) is 0 Å². The van der Waals surface area contributed by atoms with Crippen LogP contribution in [0.3, 0.4) is 0 Å². The molecule has 0 aliphatic carbocycles. The van der Waals surface area contributed by atoms with Crippen LogP contribution in [0.15, 0.2) is 36.4 Å². The number of nitrogens with zero attached hydrogens (tertiary/aromatic N) is 2. The highest BCUT2D eigenvalue weighted by Crippen LogP contribution is 2.30. The molecule has 8 heteroatoms. The number of amides is 1. The number of ether oxygens (including phenoxy) is 1. The Hall–Kier alpha value is -2.41. The van der Waals surface area contributed by atoms with E-state index in [1.165, 1.54) is 12.1 Å². The molecule has 2 heterocycles. The zero-order valence-corrected chi connectivity index (χ0v) is 14.5. The van der Waals surface area contributed by atoms with Gasteiger partial charge in [-0.05, 0) is 24.6 Å². The van der Waals surface area contributed by atoms with Gasteiger partial charge in [0.15, 0.2) is 0 Å². The number of halogens is 3. The predicted molar refractivity (Wildman–Crippen MR) is 91.8 cm³/mol. The lowest BCUT2D eigenvalue weighted by Gasteiger charge is -2.32. The average Bonchev–Trinajstić information content (AvgIpc) is 2.61. The predicted octanol–water partition coefficient (Wildman–Crippen LogP) is 4.26. The summed E-state index contributed by atoms with van der Waals surface area (Å²) >= 11 is 5.72. The van der Waals surface area contributed by atoms with Gasteiger partial charge in [0.2, 0.25) is 5.88 Å². The van der Waals surface area contributed by atoms with Crippen molar-refractivity contribution in [3.05, 3.63) is 58.5 Å². The van der Waals surface area contributed by atoms with E-state index in [0.717, 1.165) is 4.90 Å². The first-order valence-corrected chi connectivity index (χ1v) is 8.47. The van der Waals surface area contributed by atoms with Gasteiger partial charge >= 0.3 is 6.09 Å². The van der Waals surface area contributed by atoms with Crippen molar-refractivity contribution in [2.45, 2.75) is 25.1 Å². The number of hydrogen-bond donors (Lipinski definition) is 1. The molecular formula is C18H17ClF2N2O3. The number of pyridine rings is 1. The molecule has 1 saturated heterocycles. The van der Waals surface area contributed by atoms with Gasteiger partial charge in [-0.25, -0.2) is 18.6 Å². The number of piperidine rings is 1. The number of carboxylic acid groups (broad SMARTS) is 1. The average molecular weight is 383 g/mol. The number of hydrogen-bond acceptors (Lipinski definition) is 3. The van der Waals surface area contributed by atoms with Gasteiger partial charge < -0.3 is 14.7 Å². The van der Waals surface area contributed by atoms with Crippen molar-refractivity contribution in [3.63, 3.8) is 0 Å². The topological polar surface area (TPSA) is 62.7 Å². The first-order valence-electron chi connectivity index (χ1n) is 8.09. The minimum absolute atomic E-state index is 0.0318. The van der Waals surface area contributed by atoms with Gasteiger partial charge in [-0.3, -0.25) is 0 Å². The highest BCUT2D eigenvalue weighted by atomic mass is 35.5. The molecule has 0 unspecified atom stereocenters. The van der Waals surface area contributed by atoms with Crippen LogP contribution in [-0.4, -0.2) is 40.3 Å². The van der Waals surface area contributed by atoms with Crippen molar-refractivity contribution in [2.24, 2.45) is 0 Å². The molecule has 138 valence electrons. The maximum atomic E-state index is 14.4. The Bertz CT molecular complexity index is 806. The van der Waals surface area contributed by atoms with Gasteiger partial charge in [-0.15, -0.1) is 0 Å². The van der Waals surface area contributed by atoms with Crippen LogP contribution in [0.1, 0.15) is 23.6 Å². The van der Waals surface area contributed by atoms with E-state index in [-0.39, 0.29) is 25.6 Å². The number of aromatic nitrogens is 1. The first kappa shape index (κ1) is 18.4. The lowest BCUT2D eigenvalue weighted by molar-refractivity contribution is 0.0952. The third-order valence-electron chi connectivity index (χ3n) is 4.33. The Morgan fingerprint density at radius 2 is 2.19 bits per heavy atom. The van der Waals surface area contributed by atoms with E-state index in [2.05, 4.69) is 4.98 Å². The van der Waals surface area contributed by atoms with Gasteiger partial charge in [0, 0.05) is 29.1 Å². The van der Waals surface area contributed by atoms with Crippen LogP contribution in [0, 0.1) is 5.82 Å². The molecule has 1 fully saturated rings. The summed E-state index contributed by atoms with van der Waals surface area (Å²) in [7, 11) is 0. The lowest BCUT2D eigenvalue weighted by atomic mass is 9.91. The van der Waals surface area contributed by atoms with E-state index in [0.29, 0.717) is 22.7 Å². The SMILES string of the molecule is O=C(O)N1CC[C@H](c2cccc(OCc3ccc(Cl)cc3F)n2)[C@@H](F)C1. The van der Waals surface area contributed by atoms with Crippen molar-refractivity contribution < 1.29 is 23.4 Å². The van der Waals surface area contributed by atoms with E-state index in [4.69, 9.17) is 21.4 Å². The smallest absolute Gasteiger partial charge is 0.407 e. The Kier molecular flexibility index (Phi) is 5.56. The fraction of sp³-hybridized carbons (Fsp3) is 0.333. The van der Waals surface area contributed by atoms with Crippen molar-refractivity contribution in [1.29, 1.82) is 0 Å². The van der Waals surface area contributed by atoms with Crippen LogP contribution in [0.4, 0.5) is 13.6 Å². The van der Waals surface area contributed by atoms with Gasteiger partial charge in [0.05, 0.1) is 12.2 Å². The normalized spacial score (nSPS) is 20.0. The number of likely N-dealkylation sites (tertiary alicyclic amines) is 1. The summed E-state index contributed by atoms with van der Waals surface area (Å²) in [5.41, 5.74) is 0.830. The minimum Gasteiger partial charge on any atom is -0.473 e. The fourth-order valence-corrected chi connectivity index (χ4v) is 3.08. The molecule has 26 heavy (non-hydrogen) atoms. The lowest BCUT2D eigenvalue weighted by Crippen LogP contribution is -2.43. The maximum Gasteiger partial charge on any atom is 0.407 e. The van der Waals surface area contributed by atoms with E-state index in [1.807, 2.05) is 0 Å². The van der Waals surface area contributed by atoms with E-state index in [1.54, 1.807) is 24.3 Å². The second-order valence-electron chi connectivity index (χ2n) is 6.06. The van der Waals surface area contributed by atoms with Gasteiger partial charge in [-0.2, -0.15) is 0 Å². The molecule has 1 N–H and O–H groups in total. The summed E-state index contributed by atoms with van der Waals surface area (Å²) in [5, 5.41) is 9.26. The summed E-state index contributed by atoms with van der Waals surface area (Å²) in [4.78, 5) is 16.3. The number of benzene rings is 1. The van der Waals surface area contributed by atoms with E-state index in [9.17, 15) is 13.6 Å². The second kappa shape index (κ2) is 7.86. The Labute approximate surface area is 154 Å². The molecule has 0 spiro atoms. The third kappa shape index (κ3) is 4.22. The number of carbonyl (C=O) groups is 1.